The lowest BCUT2D eigenvalue weighted by Crippen LogP contribution is -2.21. The normalized spacial score (nSPS) is 21.4. The van der Waals surface area contributed by atoms with E-state index in [2.05, 4.69) is 15.5 Å². The number of hydrogen-bond acceptors (Lipinski definition) is 4. The maximum absolute atomic E-state index is 11.8. The van der Waals surface area contributed by atoms with Crippen LogP contribution in [0.5, 0.6) is 0 Å². The van der Waals surface area contributed by atoms with Gasteiger partial charge in [-0.05, 0) is 19.4 Å². The fourth-order valence-corrected chi connectivity index (χ4v) is 2.34. The molecule has 88 valence electrons. The summed E-state index contributed by atoms with van der Waals surface area (Å²) in [5.41, 5.74) is 1.84. The maximum Gasteiger partial charge on any atom is 0.244 e. The van der Waals surface area contributed by atoms with Gasteiger partial charge in [0.05, 0.1) is 0 Å². The summed E-state index contributed by atoms with van der Waals surface area (Å²) in [5.74, 6) is -0.0380. The van der Waals surface area contributed by atoms with Gasteiger partial charge < -0.3 is 5.32 Å². The number of carbonyl (C=O) groups excluding carboxylic acids is 1. The molecule has 1 aliphatic heterocycles. The molecule has 0 spiro atoms. The number of nitrogens with one attached hydrogen (secondary N) is 1. The van der Waals surface area contributed by atoms with Crippen molar-refractivity contribution >= 4 is 28.5 Å². The molecule has 1 N–H and O–H groups in total. The third-order valence-electron chi connectivity index (χ3n) is 2.14. The predicted molar refractivity (Wildman–Crippen MR) is 71.1 cm³/mol. The molecule has 1 heterocycles. The number of carbonyl (C=O) groups is 1. The van der Waals surface area contributed by atoms with Crippen molar-refractivity contribution in [1.29, 1.82) is 0 Å². The first-order valence-corrected chi connectivity index (χ1v) is 6.16. The lowest BCUT2D eigenvalue weighted by molar-refractivity contribution is -0.118. The van der Waals surface area contributed by atoms with Gasteiger partial charge in [-0.1, -0.05) is 42.1 Å². The second kappa shape index (κ2) is 5.14. The van der Waals surface area contributed by atoms with Crippen molar-refractivity contribution in [3.05, 3.63) is 35.9 Å². The largest absolute Gasteiger partial charge is 0.302 e. The van der Waals surface area contributed by atoms with Crippen LogP contribution in [0, 0.1) is 0 Å². The van der Waals surface area contributed by atoms with Gasteiger partial charge in [0.1, 0.15) is 5.25 Å². The average molecular weight is 247 g/mol. The van der Waals surface area contributed by atoms with Gasteiger partial charge in [0.15, 0.2) is 5.17 Å². The molecule has 17 heavy (non-hydrogen) atoms. The van der Waals surface area contributed by atoms with Crippen molar-refractivity contribution in [2.24, 2.45) is 10.2 Å². The summed E-state index contributed by atoms with van der Waals surface area (Å²) in [6.07, 6.45) is 0. The molecular formula is C12H13N3OS. The van der Waals surface area contributed by atoms with Crippen LogP contribution in [0.25, 0.3) is 0 Å². The monoisotopic (exact) mass is 247 g/mol. The molecule has 0 aliphatic carbocycles. The summed E-state index contributed by atoms with van der Waals surface area (Å²) in [7, 11) is 0. The van der Waals surface area contributed by atoms with Crippen molar-refractivity contribution in [2.75, 3.05) is 0 Å². The number of amides is 1. The highest BCUT2D eigenvalue weighted by Gasteiger charge is 2.31. The molecule has 1 aromatic carbocycles. The number of nitrogens with zero attached hydrogens (tertiary/aromatic N) is 2. The number of thioether (sulfide) groups is 1. The lowest BCUT2D eigenvalue weighted by atomic mass is 10.1. The molecule has 0 unspecified atom stereocenters. The highest BCUT2D eigenvalue weighted by atomic mass is 32.2. The van der Waals surface area contributed by atoms with Gasteiger partial charge in [-0.15, -0.1) is 5.10 Å². The first-order chi connectivity index (χ1) is 8.16. The summed E-state index contributed by atoms with van der Waals surface area (Å²) in [6, 6.07) is 9.66. The third-order valence-corrected chi connectivity index (χ3v) is 3.27. The van der Waals surface area contributed by atoms with Gasteiger partial charge in [0.25, 0.3) is 0 Å². The summed E-state index contributed by atoms with van der Waals surface area (Å²) in [4.78, 5) is 11.8. The van der Waals surface area contributed by atoms with E-state index in [0.717, 1.165) is 11.3 Å². The van der Waals surface area contributed by atoms with Crippen molar-refractivity contribution in [2.45, 2.75) is 19.1 Å². The lowest BCUT2D eigenvalue weighted by Gasteiger charge is -2.03. The molecule has 0 bridgehead atoms. The SMILES string of the molecule is CC(C)=NN=C1NC(=O)[C@@H](c2ccccc2)S1. The Morgan fingerprint density at radius 3 is 2.65 bits per heavy atom. The summed E-state index contributed by atoms with van der Waals surface area (Å²) in [5, 5.41) is 11.0. The second-order valence-electron chi connectivity index (χ2n) is 3.85. The van der Waals surface area contributed by atoms with E-state index in [1.54, 1.807) is 0 Å². The molecule has 4 nitrogen and oxygen atoms in total. The number of amidine groups is 1. The Bertz CT molecular complexity index is 478. The quantitative estimate of drug-likeness (QED) is 0.644. The van der Waals surface area contributed by atoms with Crippen LogP contribution in [0.15, 0.2) is 40.5 Å². The molecule has 0 aromatic heterocycles. The van der Waals surface area contributed by atoms with E-state index in [9.17, 15) is 4.79 Å². The summed E-state index contributed by atoms with van der Waals surface area (Å²) < 4.78 is 0. The molecule has 1 saturated heterocycles. The molecular weight excluding hydrogens is 234 g/mol. The highest BCUT2D eigenvalue weighted by Crippen LogP contribution is 2.33. The molecule has 0 radical (unpaired) electrons. The Kier molecular flexibility index (Phi) is 3.58. The van der Waals surface area contributed by atoms with Crippen LogP contribution in [0.4, 0.5) is 0 Å². The Morgan fingerprint density at radius 2 is 2.00 bits per heavy atom. The number of hydrogen-bond donors (Lipinski definition) is 1. The summed E-state index contributed by atoms with van der Waals surface area (Å²) in [6.45, 7) is 3.72. The molecule has 1 fully saturated rings. The molecule has 2 rings (SSSR count). The number of rotatable bonds is 2. The maximum atomic E-state index is 11.8. The molecule has 1 amide bonds. The van der Waals surface area contributed by atoms with Crippen molar-refractivity contribution in [3.8, 4) is 0 Å². The Hall–Kier alpha value is -1.62. The first kappa shape index (κ1) is 11.9. The Morgan fingerprint density at radius 1 is 1.29 bits per heavy atom. The van der Waals surface area contributed by atoms with E-state index in [0.29, 0.717) is 5.17 Å². The first-order valence-electron chi connectivity index (χ1n) is 5.28. The standard InChI is InChI=1S/C12H13N3OS/c1-8(2)14-15-12-13-11(16)10(17-12)9-6-4-3-5-7-9/h3-7,10H,1-2H3,(H,13,15,16)/t10-/m1/s1. The molecule has 0 saturated carbocycles. The fourth-order valence-electron chi connectivity index (χ4n) is 1.41. The smallest absolute Gasteiger partial charge is 0.244 e. The van der Waals surface area contributed by atoms with E-state index in [1.165, 1.54) is 11.8 Å². The van der Waals surface area contributed by atoms with Gasteiger partial charge >= 0.3 is 0 Å². The minimum Gasteiger partial charge on any atom is -0.302 e. The second-order valence-corrected chi connectivity index (χ2v) is 4.94. The van der Waals surface area contributed by atoms with Crippen molar-refractivity contribution < 1.29 is 4.79 Å². The van der Waals surface area contributed by atoms with E-state index in [4.69, 9.17) is 0 Å². The molecule has 5 heteroatoms. The zero-order valence-electron chi connectivity index (χ0n) is 9.68. The van der Waals surface area contributed by atoms with E-state index < -0.39 is 0 Å². The van der Waals surface area contributed by atoms with Crippen LogP contribution in [-0.2, 0) is 4.79 Å². The Labute approximate surface area is 104 Å². The third kappa shape index (κ3) is 2.94. The van der Waals surface area contributed by atoms with Gasteiger partial charge in [0.2, 0.25) is 5.91 Å². The minimum atomic E-state index is -0.220. The fraction of sp³-hybridized carbons (Fsp3) is 0.250. The minimum absolute atomic E-state index is 0.0380. The van der Waals surface area contributed by atoms with E-state index in [1.807, 2.05) is 44.2 Å². The van der Waals surface area contributed by atoms with Crippen LogP contribution in [0.3, 0.4) is 0 Å². The van der Waals surface area contributed by atoms with Gasteiger partial charge in [-0.3, -0.25) is 4.79 Å². The zero-order chi connectivity index (χ0) is 12.3. The molecule has 1 atom stereocenters. The van der Waals surface area contributed by atoms with Gasteiger partial charge in [0, 0.05) is 5.71 Å². The predicted octanol–water partition coefficient (Wildman–Crippen LogP) is 2.34. The van der Waals surface area contributed by atoms with Crippen LogP contribution in [0.1, 0.15) is 24.7 Å². The van der Waals surface area contributed by atoms with Crippen LogP contribution in [0.2, 0.25) is 0 Å². The summed E-state index contributed by atoms with van der Waals surface area (Å²) >= 11 is 1.40. The zero-order valence-corrected chi connectivity index (χ0v) is 10.5. The van der Waals surface area contributed by atoms with E-state index >= 15 is 0 Å². The molecule has 1 aliphatic rings. The van der Waals surface area contributed by atoms with Crippen LogP contribution >= 0.6 is 11.8 Å². The van der Waals surface area contributed by atoms with Gasteiger partial charge in [-0.2, -0.15) is 5.10 Å². The highest BCUT2D eigenvalue weighted by molar-refractivity contribution is 8.15. The van der Waals surface area contributed by atoms with Crippen LogP contribution < -0.4 is 5.32 Å². The average Bonchev–Trinajstić information content (AvgIpc) is 2.69. The van der Waals surface area contributed by atoms with Crippen molar-refractivity contribution in [1.82, 2.24) is 5.32 Å². The number of benzene rings is 1. The van der Waals surface area contributed by atoms with Gasteiger partial charge in [-0.25, -0.2) is 0 Å². The van der Waals surface area contributed by atoms with E-state index in [-0.39, 0.29) is 11.2 Å². The topological polar surface area (TPSA) is 53.8 Å². The molecule has 1 aromatic rings. The Balaban J connectivity index is 2.16. The van der Waals surface area contributed by atoms with Crippen molar-refractivity contribution in [3.63, 3.8) is 0 Å². The van der Waals surface area contributed by atoms with Crippen LogP contribution in [-0.4, -0.2) is 16.8 Å².